The largest absolute Gasteiger partial charge is 0.463 e. The minimum atomic E-state index is 0.255. The van der Waals surface area contributed by atoms with Crippen LogP contribution in [0, 0.1) is 0 Å². The molecule has 3 aromatic rings. The summed E-state index contributed by atoms with van der Waals surface area (Å²) >= 11 is 13.0. The second-order valence-corrected chi connectivity index (χ2v) is 8.57. The Balaban J connectivity index is 2.04. The van der Waals surface area contributed by atoms with Gasteiger partial charge in [-0.1, -0.05) is 43.3 Å². The third kappa shape index (κ3) is 5.72. The number of rotatable bonds is 7. The first-order valence-corrected chi connectivity index (χ1v) is 10.8. The van der Waals surface area contributed by atoms with Crippen LogP contribution < -0.4 is 5.32 Å². The Morgan fingerprint density at radius 3 is 2.69 bits per heavy atom. The summed E-state index contributed by atoms with van der Waals surface area (Å²) in [6, 6.07) is 11.9. The molecule has 1 N–H and O–H groups in total. The first kappa shape index (κ1) is 21.6. The second-order valence-electron chi connectivity index (χ2n) is 6.70. The van der Waals surface area contributed by atoms with Gasteiger partial charge in [-0.2, -0.15) is 0 Å². The van der Waals surface area contributed by atoms with Crippen molar-refractivity contribution in [3.05, 3.63) is 70.9 Å². The zero-order valence-corrected chi connectivity index (χ0v) is 18.9. The highest BCUT2D eigenvalue weighted by atomic mass is 35.5. The fourth-order valence-corrected chi connectivity index (χ4v) is 4.31. The van der Waals surface area contributed by atoms with Crippen molar-refractivity contribution in [2.75, 3.05) is 7.05 Å². The molecular formula is C21H23ClN4OS2. The average Bonchev–Trinajstić information content (AvgIpc) is 3.04. The van der Waals surface area contributed by atoms with Crippen molar-refractivity contribution in [1.82, 2.24) is 19.9 Å². The van der Waals surface area contributed by atoms with Gasteiger partial charge >= 0.3 is 0 Å². The lowest BCUT2D eigenvalue weighted by Crippen LogP contribution is -2.20. The van der Waals surface area contributed by atoms with Crippen molar-refractivity contribution in [2.45, 2.75) is 42.8 Å². The van der Waals surface area contributed by atoms with Gasteiger partial charge in [-0.15, -0.1) is 0 Å². The summed E-state index contributed by atoms with van der Waals surface area (Å²) in [6.45, 7) is 5.24. The molecule has 152 valence electrons. The Morgan fingerprint density at radius 1 is 1.28 bits per heavy atom. The van der Waals surface area contributed by atoms with E-state index in [0.717, 1.165) is 27.0 Å². The first-order valence-electron chi connectivity index (χ1n) is 9.24. The predicted molar refractivity (Wildman–Crippen MR) is 122 cm³/mol. The Morgan fingerprint density at radius 2 is 2.03 bits per heavy atom. The van der Waals surface area contributed by atoms with Crippen LogP contribution in [-0.4, -0.2) is 26.8 Å². The Kier molecular flexibility index (Phi) is 7.52. The zero-order valence-electron chi connectivity index (χ0n) is 16.6. The SMILES string of the molecule is CNC(=S)OCc1nc(C(C)C)c(Sc2cccc(Cl)c2)n1Cc1ccncc1. The normalized spacial score (nSPS) is 10.9. The van der Waals surface area contributed by atoms with Crippen LogP contribution in [0.3, 0.4) is 0 Å². The molecule has 0 amide bonds. The standard InChI is InChI=1S/C21H23ClN4OS2/c1-14(2)19-20(29-17-6-4-5-16(22)11-17)26(12-15-7-9-24-10-8-15)18(25-19)13-27-21(28)23-3/h4-11,14H,12-13H2,1-3H3,(H,23,28). The predicted octanol–water partition coefficient (Wildman–Crippen LogP) is 5.28. The van der Waals surface area contributed by atoms with Gasteiger partial charge in [0.15, 0.2) is 0 Å². The van der Waals surface area contributed by atoms with Crippen molar-refractivity contribution >= 4 is 40.8 Å². The lowest BCUT2D eigenvalue weighted by Gasteiger charge is -2.14. The maximum Gasteiger partial charge on any atom is 0.256 e. The van der Waals surface area contributed by atoms with E-state index in [1.807, 2.05) is 30.3 Å². The number of pyridine rings is 1. The summed E-state index contributed by atoms with van der Waals surface area (Å²) in [6.07, 6.45) is 3.59. The van der Waals surface area contributed by atoms with Crippen LogP contribution in [0.1, 0.15) is 36.8 Å². The lowest BCUT2D eigenvalue weighted by atomic mass is 10.1. The van der Waals surface area contributed by atoms with E-state index in [0.29, 0.717) is 23.3 Å². The van der Waals surface area contributed by atoms with Crippen LogP contribution in [0.4, 0.5) is 0 Å². The molecule has 0 bridgehead atoms. The first-order chi connectivity index (χ1) is 14.0. The highest BCUT2D eigenvalue weighted by Gasteiger charge is 2.21. The molecule has 3 rings (SSSR count). The molecule has 2 aromatic heterocycles. The van der Waals surface area contributed by atoms with Gasteiger partial charge in [0.1, 0.15) is 17.5 Å². The van der Waals surface area contributed by atoms with E-state index in [9.17, 15) is 0 Å². The van der Waals surface area contributed by atoms with Gasteiger partial charge in [-0.3, -0.25) is 4.98 Å². The van der Waals surface area contributed by atoms with Gasteiger partial charge in [0.05, 0.1) is 12.2 Å². The molecule has 0 saturated heterocycles. The monoisotopic (exact) mass is 446 g/mol. The molecule has 8 heteroatoms. The van der Waals surface area contributed by atoms with Gasteiger partial charge in [0, 0.05) is 29.4 Å². The highest BCUT2D eigenvalue weighted by molar-refractivity contribution is 7.99. The Hall–Kier alpha value is -2.09. The molecule has 0 atom stereocenters. The summed E-state index contributed by atoms with van der Waals surface area (Å²) in [7, 11) is 1.74. The van der Waals surface area contributed by atoms with Crippen LogP contribution >= 0.6 is 35.6 Å². The number of aromatic nitrogens is 3. The number of halogens is 1. The van der Waals surface area contributed by atoms with Crippen molar-refractivity contribution in [2.24, 2.45) is 0 Å². The van der Waals surface area contributed by atoms with Gasteiger partial charge in [0.25, 0.3) is 5.17 Å². The van der Waals surface area contributed by atoms with Crippen LogP contribution in [0.15, 0.2) is 58.7 Å². The molecule has 0 saturated carbocycles. The Bertz CT molecular complexity index is 976. The van der Waals surface area contributed by atoms with E-state index in [4.69, 9.17) is 33.5 Å². The third-order valence-electron chi connectivity index (χ3n) is 4.21. The summed E-state index contributed by atoms with van der Waals surface area (Å²) < 4.78 is 7.86. The highest BCUT2D eigenvalue weighted by Crippen LogP contribution is 2.36. The fourth-order valence-electron chi connectivity index (χ4n) is 2.77. The molecule has 5 nitrogen and oxygen atoms in total. The van der Waals surface area contributed by atoms with Crippen LogP contribution in [-0.2, 0) is 17.9 Å². The molecule has 0 aliphatic rings. The number of hydrogen-bond acceptors (Lipinski definition) is 5. The van der Waals surface area contributed by atoms with E-state index in [-0.39, 0.29) is 5.92 Å². The number of nitrogens with one attached hydrogen (secondary N) is 1. The minimum Gasteiger partial charge on any atom is -0.463 e. The summed E-state index contributed by atoms with van der Waals surface area (Å²) in [5.74, 6) is 1.08. The van der Waals surface area contributed by atoms with Gasteiger partial charge in [-0.05, 0) is 54.0 Å². The Labute approximate surface area is 185 Å². The van der Waals surface area contributed by atoms with E-state index >= 15 is 0 Å². The average molecular weight is 447 g/mol. The molecule has 0 aliphatic carbocycles. The molecule has 0 spiro atoms. The van der Waals surface area contributed by atoms with E-state index in [1.165, 1.54) is 0 Å². The van der Waals surface area contributed by atoms with Gasteiger partial charge < -0.3 is 14.6 Å². The van der Waals surface area contributed by atoms with Crippen LogP contribution in [0.5, 0.6) is 0 Å². The molecule has 0 fully saturated rings. The summed E-state index contributed by atoms with van der Waals surface area (Å²) in [5.41, 5.74) is 2.16. The van der Waals surface area contributed by atoms with Crippen molar-refractivity contribution < 1.29 is 4.74 Å². The van der Waals surface area contributed by atoms with Crippen LogP contribution in [0.2, 0.25) is 5.02 Å². The summed E-state index contributed by atoms with van der Waals surface area (Å²) in [4.78, 5) is 10.1. The minimum absolute atomic E-state index is 0.255. The molecule has 29 heavy (non-hydrogen) atoms. The number of thiocarbonyl (C=S) groups is 1. The second kappa shape index (κ2) is 10.1. The van der Waals surface area contributed by atoms with Crippen molar-refractivity contribution in [1.29, 1.82) is 0 Å². The molecule has 1 aromatic carbocycles. The maximum atomic E-state index is 6.20. The smallest absolute Gasteiger partial charge is 0.256 e. The number of nitrogens with zero attached hydrogens (tertiary/aromatic N) is 3. The number of benzene rings is 1. The third-order valence-corrected chi connectivity index (χ3v) is 5.88. The van der Waals surface area contributed by atoms with Crippen LogP contribution in [0.25, 0.3) is 0 Å². The van der Waals surface area contributed by atoms with Gasteiger partial charge in [0.2, 0.25) is 0 Å². The zero-order chi connectivity index (χ0) is 20.8. The maximum absolute atomic E-state index is 6.20. The molecule has 0 unspecified atom stereocenters. The van der Waals surface area contributed by atoms with E-state index < -0.39 is 0 Å². The topological polar surface area (TPSA) is 52.0 Å². The molecular weight excluding hydrogens is 424 g/mol. The quantitative estimate of drug-likeness (QED) is 0.498. The number of imidazole rings is 1. The van der Waals surface area contributed by atoms with E-state index in [2.05, 4.69) is 34.8 Å². The fraction of sp³-hybridized carbons (Fsp3) is 0.286. The van der Waals surface area contributed by atoms with Crippen molar-refractivity contribution in [3.8, 4) is 0 Å². The number of ether oxygens (including phenoxy) is 1. The van der Waals surface area contributed by atoms with Crippen molar-refractivity contribution in [3.63, 3.8) is 0 Å². The number of hydrogen-bond donors (Lipinski definition) is 1. The van der Waals surface area contributed by atoms with Gasteiger partial charge in [-0.25, -0.2) is 4.98 Å². The molecule has 0 radical (unpaired) electrons. The summed E-state index contributed by atoms with van der Waals surface area (Å²) in [5, 5.41) is 4.97. The molecule has 2 heterocycles. The lowest BCUT2D eigenvalue weighted by molar-refractivity contribution is 0.273. The van der Waals surface area contributed by atoms with E-state index in [1.54, 1.807) is 31.2 Å². The molecule has 0 aliphatic heterocycles.